The molecule has 2 atom stereocenters. The van der Waals surface area contributed by atoms with Crippen LogP contribution in [0.25, 0.3) is 0 Å². The molecule has 0 bridgehead atoms. The molecule has 0 radical (unpaired) electrons. The molecule has 0 amide bonds. The van der Waals surface area contributed by atoms with Crippen LogP contribution in [-0.2, 0) is 4.74 Å². The molecule has 1 rings (SSSR count). The van der Waals surface area contributed by atoms with Gasteiger partial charge in [-0.2, -0.15) is 0 Å². The Labute approximate surface area is 96.0 Å². The molecule has 2 unspecified atom stereocenters. The normalized spacial score (nSPS) is 14.8. The maximum atomic E-state index is 13.6. The van der Waals surface area contributed by atoms with E-state index in [2.05, 4.69) is 10.3 Å². The Morgan fingerprint density at radius 3 is 2.75 bits per heavy atom. The van der Waals surface area contributed by atoms with Gasteiger partial charge in [0, 0.05) is 18.4 Å². The van der Waals surface area contributed by atoms with Crippen molar-refractivity contribution in [3.63, 3.8) is 0 Å². The second kappa shape index (κ2) is 6.55. The number of rotatable bonds is 6. The Kier molecular flexibility index (Phi) is 5.35. The first-order valence-corrected chi connectivity index (χ1v) is 5.62. The molecule has 1 N–H and O–H groups in total. The van der Waals surface area contributed by atoms with Gasteiger partial charge in [-0.25, -0.2) is 4.39 Å². The Morgan fingerprint density at radius 2 is 2.25 bits per heavy atom. The predicted octanol–water partition coefficient (Wildman–Crippen LogP) is 2.30. The lowest BCUT2D eigenvalue weighted by molar-refractivity contribution is 0.0325. The van der Waals surface area contributed by atoms with Crippen LogP contribution in [0.5, 0.6) is 0 Å². The van der Waals surface area contributed by atoms with Gasteiger partial charge in [0.05, 0.1) is 18.3 Å². The summed E-state index contributed by atoms with van der Waals surface area (Å²) in [7, 11) is 1.81. The summed E-state index contributed by atoms with van der Waals surface area (Å²) < 4.78 is 19.2. The Balaban J connectivity index is 2.92. The molecule has 1 aromatic rings. The number of nitrogens with zero attached hydrogens (tertiary/aromatic N) is 1. The van der Waals surface area contributed by atoms with E-state index in [1.807, 2.05) is 20.9 Å². The van der Waals surface area contributed by atoms with Crippen molar-refractivity contribution in [2.24, 2.45) is 0 Å². The molecule has 0 aliphatic heterocycles. The van der Waals surface area contributed by atoms with E-state index in [-0.39, 0.29) is 18.0 Å². The highest BCUT2D eigenvalue weighted by Gasteiger charge is 2.23. The van der Waals surface area contributed by atoms with Gasteiger partial charge in [-0.05, 0) is 26.5 Å². The summed E-state index contributed by atoms with van der Waals surface area (Å²) in [5.41, 5.74) is 0.609. The lowest BCUT2D eigenvalue weighted by Crippen LogP contribution is -2.32. The molecule has 3 nitrogen and oxygen atoms in total. The van der Waals surface area contributed by atoms with Crippen molar-refractivity contribution in [1.82, 2.24) is 10.3 Å². The van der Waals surface area contributed by atoms with Gasteiger partial charge in [-0.15, -0.1) is 0 Å². The van der Waals surface area contributed by atoms with Crippen LogP contribution < -0.4 is 5.32 Å². The molecule has 90 valence electrons. The monoisotopic (exact) mass is 226 g/mol. The van der Waals surface area contributed by atoms with Gasteiger partial charge in [0.25, 0.3) is 0 Å². The fourth-order valence-electron chi connectivity index (χ4n) is 1.84. The molecule has 0 aliphatic carbocycles. The molecule has 0 aromatic carbocycles. The van der Waals surface area contributed by atoms with E-state index in [0.717, 1.165) is 6.42 Å². The third-order valence-corrected chi connectivity index (χ3v) is 2.60. The van der Waals surface area contributed by atoms with Crippen LogP contribution in [0, 0.1) is 5.82 Å². The third kappa shape index (κ3) is 3.00. The first kappa shape index (κ1) is 13.1. The fraction of sp³-hybridized carbons (Fsp3) is 0.583. The molecule has 0 fully saturated rings. The maximum absolute atomic E-state index is 13.6. The molecule has 16 heavy (non-hydrogen) atoms. The highest BCUT2D eigenvalue weighted by molar-refractivity contribution is 5.18. The average Bonchev–Trinajstić information content (AvgIpc) is 2.31. The van der Waals surface area contributed by atoms with Gasteiger partial charge in [0.2, 0.25) is 0 Å². The molecule has 4 heteroatoms. The zero-order chi connectivity index (χ0) is 12.0. The number of hydrogen-bond donors (Lipinski definition) is 1. The van der Waals surface area contributed by atoms with E-state index >= 15 is 0 Å². The summed E-state index contributed by atoms with van der Waals surface area (Å²) in [5, 5.41) is 3.10. The molecular formula is C12H19FN2O. The number of ether oxygens (including phenoxy) is 1. The minimum Gasteiger partial charge on any atom is -0.377 e. The van der Waals surface area contributed by atoms with Crippen molar-refractivity contribution in [1.29, 1.82) is 0 Å². The smallest absolute Gasteiger partial charge is 0.146 e. The van der Waals surface area contributed by atoms with Crippen LogP contribution in [-0.4, -0.2) is 24.7 Å². The number of nitrogens with one attached hydrogen (secondary N) is 1. The Morgan fingerprint density at radius 1 is 1.50 bits per heavy atom. The third-order valence-electron chi connectivity index (χ3n) is 2.60. The maximum Gasteiger partial charge on any atom is 0.146 e. The largest absolute Gasteiger partial charge is 0.377 e. The minimum atomic E-state index is -0.292. The van der Waals surface area contributed by atoms with Crippen molar-refractivity contribution in [3.8, 4) is 0 Å². The molecule has 0 saturated heterocycles. The zero-order valence-corrected chi connectivity index (χ0v) is 10.0. The first-order chi connectivity index (χ1) is 7.74. The summed E-state index contributed by atoms with van der Waals surface area (Å²) in [6, 6.07) is 1.56. The standard InChI is InChI=1S/C12H19FN2O/c1-4-11(16-5-2)12(14-3)9-6-7-15-8-10(9)13/h6-8,11-12,14H,4-5H2,1-3H3. The van der Waals surface area contributed by atoms with Crippen LogP contribution in [0.4, 0.5) is 4.39 Å². The molecule has 1 heterocycles. The molecular weight excluding hydrogens is 207 g/mol. The van der Waals surface area contributed by atoms with Crippen molar-refractivity contribution in [2.75, 3.05) is 13.7 Å². The van der Waals surface area contributed by atoms with E-state index in [9.17, 15) is 4.39 Å². The Hall–Kier alpha value is -1.00. The van der Waals surface area contributed by atoms with E-state index in [1.165, 1.54) is 6.20 Å². The molecule has 0 aliphatic rings. The molecule has 0 spiro atoms. The highest BCUT2D eigenvalue weighted by atomic mass is 19.1. The van der Waals surface area contributed by atoms with E-state index in [4.69, 9.17) is 4.74 Å². The SMILES string of the molecule is CCOC(CC)C(NC)c1ccncc1F. The number of pyridine rings is 1. The quantitative estimate of drug-likeness (QED) is 0.808. The number of hydrogen-bond acceptors (Lipinski definition) is 3. The summed E-state index contributed by atoms with van der Waals surface area (Å²) >= 11 is 0. The van der Waals surface area contributed by atoms with Gasteiger partial charge in [-0.3, -0.25) is 4.98 Å². The van der Waals surface area contributed by atoms with E-state index in [1.54, 1.807) is 12.3 Å². The van der Waals surface area contributed by atoms with Crippen LogP contribution >= 0.6 is 0 Å². The second-order valence-corrected chi connectivity index (χ2v) is 3.57. The van der Waals surface area contributed by atoms with Crippen LogP contribution in [0.2, 0.25) is 0 Å². The summed E-state index contributed by atoms with van der Waals surface area (Å²) in [5.74, 6) is -0.292. The van der Waals surface area contributed by atoms with Gasteiger partial charge in [0.1, 0.15) is 5.82 Å². The highest BCUT2D eigenvalue weighted by Crippen LogP contribution is 2.23. The van der Waals surface area contributed by atoms with Crippen molar-refractivity contribution in [3.05, 3.63) is 29.8 Å². The summed E-state index contributed by atoms with van der Waals surface area (Å²) in [4.78, 5) is 3.75. The summed E-state index contributed by atoms with van der Waals surface area (Å²) in [6.45, 7) is 4.60. The second-order valence-electron chi connectivity index (χ2n) is 3.57. The molecule has 1 aromatic heterocycles. The summed E-state index contributed by atoms with van der Waals surface area (Å²) in [6.07, 6.45) is 3.65. The number of aromatic nitrogens is 1. The average molecular weight is 226 g/mol. The topological polar surface area (TPSA) is 34.1 Å². The lowest BCUT2D eigenvalue weighted by atomic mass is 10.0. The lowest BCUT2D eigenvalue weighted by Gasteiger charge is -2.26. The Bertz CT molecular complexity index is 320. The van der Waals surface area contributed by atoms with Crippen molar-refractivity contribution >= 4 is 0 Å². The van der Waals surface area contributed by atoms with Crippen molar-refractivity contribution in [2.45, 2.75) is 32.4 Å². The molecule has 0 saturated carbocycles. The number of likely N-dealkylation sites (N-methyl/N-ethyl adjacent to an activating group) is 1. The van der Waals surface area contributed by atoms with Gasteiger partial charge >= 0.3 is 0 Å². The van der Waals surface area contributed by atoms with Gasteiger partial charge in [-0.1, -0.05) is 6.92 Å². The predicted molar refractivity (Wildman–Crippen MR) is 61.7 cm³/mol. The van der Waals surface area contributed by atoms with Gasteiger partial charge in [0.15, 0.2) is 0 Å². The zero-order valence-electron chi connectivity index (χ0n) is 10.0. The van der Waals surface area contributed by atoms with E-state index in [0.29, 0.717) is 12.2 Å². The van der Waals surface area contributed by atoms with E-state index < -0.39 is 0 Å². The first-order valence-electron chi connectivity index (χ1n) is 5.62. The number of halogens is 1. The minimum absolute atomic E-state index is 0.0214. The van der Waals surface area contributed by atoms with Crippen molar-refractivity contribution < 1.29 is 9.13 Å². The fourth-order valence-corrected chi connectivity index (χ4v) is 1.84. The van der Waals surface area contributed by atoms with Gasteiger partial charge < -0.3 is 10.1 Å². The van der Waals surface area contributed by atoms with Crippen LogP contribution in [0.15, 0.2) is 18.5 Å². The van der Waals surface area contributed by atoms with Crippen LogP contribution in [0.1, 0.15) is 31.9 Å². The van der Waals surface area contributed by atoms with Crippen LogP contribution in [0.3, 0.4) is 0 Å².